The van der Waals surface area contributed by atoms with Crippen LogP contribution in [0.15, 0.2) is 11.8 Å². The second-order valence-corrected chi connectivity index (χ2v) is 5.10. The lowest BCUT2D eigenvalue weighted by atomic mass is 10.0. The minimum Gasteiger partial charge on any atom is -0.396 e. The molecular formula is C16H31NO. The van der Waals surface area contributed by atoms with Crippen molar-refractivity contribution in [3.63, 3.8) is 0 Å². The average Bonchev–Trinajstić information content (AvgIpc) is 2.39. The van der Waals surface area contributed by atoms with Crippen LogP contribution in [0.1, 0.15) is 84.5 Å². The van der Waals surface area contributed by atoms with Gasteiger partial charge in [0.15, 0.2) is 5.78 Å². The van der Waals surface area contributed by atoms with E-state index in [4.69, 9.17) is 5.73 Å². The molecule has 0 aliphatic heterocycles. The fourth-order valence-corrected chi connectivity index (χ4v) is 2.08. The molecule has 0 rings (SSSR count). The predicted molar refractivity (Wildman–Crippen MR) is 79.4 cm³/mol. The Morgan fingerprint density at radius 2 is 1.33 bits per heavy atom. The van der Waals surface area contributed by atoms with Crippen molar-refractivity contribution in [3.05, 3.63) is 11.8 Å². The van der Waals surface area contributed by atoms with Crippen molar-refractivity contribution < 1.29 is 4.79 Å². The van der Waals surface area contributed by atoms with Crippen molar-refractivity contribution >= 4 is 5.78 Å². The standard InChI is InChI=1S/C16H31NO/c1-3-5-6-7-8-9-10-11-12-13-14-16(18)15(17)4-2/h4H,3,5-14,17H2,1-2H3/b15-4-. The number of carbonyl (C=O) groups is 1. The zero-order valence-electron chi connectivity index (χ0n) is 12.3. The molecule has 2 nitrogen and oxygen atoms in total. The third kappa shape index (κ3) is 10.4. The fraction of sp³-hybridized carbons (Fsp3) is 0.812. The zero-order chi connectivity index (χ0) is 13.6. The van der Waals surface area contributed by atoms with E-state index < -0.39 is 0 Å². The van der Waals surface area contributed by atoms with Gasteiger partial charge in [0.05, 0.1) is 5.70 Å². The first-order chi connectivity index (χ1) is 8.72. The molecule has 2 N–H and O–H groups in total. The Labute approximate surface area is 113 Å². The SMILES string of the molecule is C/C=C(\N)C(=O)CCCCCCCCCCCC. The van der Waals surface area contributed by atoms with E-state index in [0.29, 0.717) is 12.1 Å². The summed E-state index contributed by atoms with van der Waals surface area (Å²) >= 11 is 0. The van der Waals surface area contributed by atoms with Gasteiger partial charge in [-0.3, -0.25) is 4.79 Å². The van der Waals surface area contributed by atoms with Gasteiger partial charge in [0.1, 0.15) is 0 Å². The molecule has 0 saturated carbocycles. The van der Waals surface area contributed by atoms with Crippen molar-refractivity contribution in [1.29, 1.82) is 0 Å². The lowest BCUT2D eigenvalue weighted by Gasteiger charge is -2.02. The molecular weight excluding hydrogens is 222 g/mol. The number of unbranched alkanes of at least 4 members (excludes halogenated alkanes) is 9. The number of nitrogens with two attached hydrogens (primary N) is 1. The summed E-state index contributed by atoms with van der Waals surface area (Å²) < 4.78 is 0. The quantitative estimate of drug-likeness (QED) is 0.403. The molecule has 0 saturated heterocycles. The van der Waals surface area contributed by atoms with E-state index in [-0.39, 0.29) is 5.78 Å². The first-order valence-electron chi connectivity index (χ1n) is 7.67. The third-order valence-corrected chi connectivity index (χ3v) is 3.39. The summed E-state index contributed by atoms with van der Waals surface area (Å²) in [4.78, 5) is 11.4. The smallest absolute Gasteiger partial charge is 0.178 e. The molecule has 0 bridgehead atoms. The van der Waals surface area contributed by atoms with Gasteiger partial charge in [0.2, 0.25) is 0 Å². The summed E-state index contributed by atoms with van der Waals surface area (Å²) in [5.74, 6) is 0.108. The molecule has 0 aromatic heterocycles. The van der Waals surface area contributed by atoms with Crippen LogP contribution in [-0.4, -0.2) is 5.78 Å². The number of Topliss-reactive ketones (excluding diaryl/α,β-unsaturated/α-hetero) is 1. The molecule has 0 aliphatic carbocycles. The highest BCUT2D eigenvalue weighted by Crippen LogP contribution is 2.11. The van der Waals surface area contributed by atoms with E-state index in [1.807, 2.05) is 6.92 Å². The molecule has 0 aromatic rings. The highest BCUT2D eigenvalue weighted by Gasteiger charge is 2.03. The normalized spacial score (nSPS) is 11.8. The van der Waals surface area contributed by atoms with Gasteiger partial charge in [-0.05, 0) is 13.3 Å². The maximum atomic E-state index is 11.4. The second-order valence-electron chi connectivity index (χ2n) is 5.10. The summed E-state index contributed by atoms with van der Waals surface area (Å²) in [6, 6.07) is 0. The van der Waals surface area contributed by atoms with E-state index in [1.54, 1.807) is 6.08 Å². The van der Waals surface area contributed by atoms with Crippen LogP contribution in [0.4, 0.5) is 0 Å². The third-order valence-electron chi connectivity index (χ3n) is 3.39. The van der Waals surface area contributed by atoms with Crippen molar-refractivity contribution in [2.75, 3.05) is 0 Å². The van der Waals surface area contributed by atoms with Crippen LogP contribution < -0.4 is 5.73 Å². The molecule has 0 radical (unpaired) electrons. The molecule has 2 heteroatoms. The molecule has 0 fully saturated rings. The van der Waals surface area contributed by atoms with Crippen LogP contribution >= 0.6 is 0 Å². The van der Waals surface area contributed by atoms with E-state index in [1.165, 1.54) is 51.4 Å². The lowest BCUT2D eigenvalue weighted by Crippen LogP contribution is -2.10. The molecule has 0 aliphatic rings. The van der Waals surface area contributed by atoms with Crippen LogP contribution in [0, 0.1) is 0 Å². The zero-order valence-corrected chi connectivity index (χ0v) is 12.3. The highest BCUT2D eigenvalue weighted by atomic mass is 16.1. The average molecular weight is 253 g/mol. The maximum absolute atomic E-state index is 11.4. The van der Waals surface area contributed by atoms with Crippen molar-refractivity contribution in [2.45, 2.75) is 84.5 Å². The van der Waals surface area contributed by atoms with Crippen LogP contribution in [-0.2, 0) is 4.79 Å². The van der Waals surface area contributed by atoms with Gasteiger partial charge in [0.25, 0.3) is 0 Å². The Hall–Kier alpha value is -0.790. The van der Waals surface area contributed by atoms with Gasteiger partial charge < -0.3 is 5.73 Å². The van der Waals surface area contributed by atoms with Crippen LogP contribution in [0.2, 0.25) is 0 Å². The number of hydrogen-bond acceptors (Lipinski definition) is 2. The summed E-state index contributed by atoms with van der Waals surface area (Å²) in [7, 11) is 0. The Morgan fingerprint density at radius 3 is 1.78 bits per heavy atom. The van der Waals surface area contributed by atoms with Crippen molar-refractivity contribution in [3.8, 4) is 0 Å². The van der Waals surface area contributed by atoms with E-state index >= 15 is 0 Å². The molecule has 0 amide bonds. The molecule has 0 aromatic carbocycles. The minimum absolute atomic E-state index is 0.108. The largest absolute Gasteiger partial charge is 0.396 e. The van der Waals surface area contributed by atoms with Crippen LogP contribution in [0.3, 0.4) is 0 Å². The van der Waals surface area contributed by atoms with Gasteiger partial charge in [-0.25, -0.2) is 0 Å². The minimum atomic E-state index is 0.108. The van der Waals surface area contributed by atoms with Gasteiger partial charge in [-0.2, -0.15) is 0 Å². The number of ketones is 1. The summed E-state index contributed by atoms with van der Waals surface area (Å²) in [5.41, 5.74) is 5.97. The molecule has 0 atom stereocenters. The van der Waals surface area contributed by atoms with E-state index in [2.05, 4.69) is 6.92 Å². The fourth-order valence-electron chi connectivity index (χ4n) is 2.08. The second kappa shape index (κ2) is 12.7. The Kier molecular flexibility index (Phi) is 12.1. The Bertz CT molecular complexity index is 233. The molecule has 0 heterocycles. The number of allylic oxidation sites excluding steroid dienone is 2. The topological polar surface area (TPSA) is 43.1 Å². The summed E-state index contributed by atoms with van der Waals surface area (Å²) in [6.07, 6.45) is 15.3. The maximum Gasteiger partial charge on any atom is 0.178 e. The van der Waals surface area contributed by atoms with Gasteiger partial charge in [0, 0.05) is 6.42 Å². The lowest BCUT2D eigenvalue weighted by molar-refractivity contribution is -0.115. The molecule has 0 spiro atoms. The Balaban J connectivity index is 3.19. The van der Waals surface area contributed by atoms with Crippen molar-refractivity contribution in [2.24, 2.45) is 5.73 Å². The monoisotopic (exact) mass is 253 g/mol. The summed E-state index contributed by atoms with van der Waals surface area (Å²) in [5, 5.41) is 0. The van der Waals surface area contributed by atoms with Gasteiger partial charge in [-0.15, -0.1) is 0 Å². The number of hydrogen-bond donors (Lipinski definition) is 1. The highest BCUT2D eigenvalue weighted by molar-refractivity contribution is 5.94. The van der Waals surface area contributed by atoms with Gasteiger partial charge in [-0.1, -0.05) is 70.8 Å². The molecule has 106 valence electrons. The van der Waals surface area contributed by atoms with E-state index in [9.17, 15) is 4.79 Å². The van der Waals surface area contributed by atoms with Gasteiger partial charge >= 0.3 is 0 Å². The summed E-state index contributed by atoms with van der Waals surface area (Å²) in [6.45, 7) is 4.06. The van der Waals surface area contributed by atoms with Crippen LogP contribution in [0.5, 0.6) is 0 Å². The van der Waals surface area contributed by atoms with E-state index in [0.717, 1.165) is 12.8 Å². The van der Waals surface area contributed by atoms with Crippen LogP contribution in [0.25, 0.3) is 0 Å². The predicted octanol–water partition coefficient (Wildman–Crippen LogP) is 4.73. The molecule has 18 heavy (non-hydrogen) atoms. The number of carbonyl (C=O) groups excluding carboxylic acids is 1. The Morgan fingerprint density at radius 1 is 0.889 bits per heavy atom. The molecule has 0 unspecified atom stereocenters. The first kappa shape index (κ1) is 17.2. The number of rotatable bonds is 12. The first-order valence-corrected chi connectivity index (χ1v) is 7.67. The van der Waals surface area contributed by atoms with Crippen molar-refractivity contribution in [1.82, 2.24) is 0 Å².